The predicted octanol–water partition coefficient (Wildman–Crippen LogP) is -4.95. The molecule has 0 unspecified atom stereocenters. The van der Waals surface area contributed by atoms with Gasteiger partial charge in [0.2, 0.25) is 0 Å². The van der Waals surface area contributed by atoms with Crippen molar-refractivity contribution in [1.82, 2.24) is 10.6 Å². The summed E-state index contributed by atoms with van der Waals surface area (Å²) in [6.45, 7) is 1.12. The van der Waals surface area contributed by atoms with Gasteiger partial charge in [0.05, 0.1) is 6.04 Å². The highest BCUT2D eigenvalue weighted by molar-refractivity contribution is 5.68. The summed E-state index contributed by atoms with van der Waals surface area (Å²) < 4.78 is 22.7. The number of aliphatic hydroxyl groups is 2. The smallest absolute Gasteiger partial charge is 0.407 e. The van der Waals surface area contributed by atoms with Crippen molar-refractivity contribution in [3.8, 4) is 0 Å². The Bertz CT molecular complexity index is 692. The highest BCUT2D eigenvalue weighted by Gasteiger charge is 2.51. The van der Waals surface area contributed by atoms with Crippen molar-refractivity contribution in [3.63, 3.8) is 0 Å². The molecule has 0 aromatic rings. The Balaban J connectivity index is 2.24. The maximum Gasteiger partial charge on any atom is 0.407 e. The zero-order valence-electron chi connectivity index (χ0n) is 20.2. The summed E-state index contributed by atoms with van der Waals surface area (Å²) in [7, 11) is 0. The van der Waals surface area contributed by atoms with Crippen LogP contribution in [0.15, 0.2) is 0 Å². The predicted molar refractivity (Wildman–Crippen MR) is 127 cm³/mol. The van der Waals surface area contributed by atoms with Crippen LogP contribution >= 0.6 is 0 Å². The van der Waals surface area contributed by atoms with Crippen molar-refractivity contribution in [3.05, 3.63) is 0 Å². The summed E-state index contributed by atoms with van der Waals surface area (Å²) in [5.74, 6) is 0. The molecular weight excluding hydrogens is 480 g/mol. The van der Waals surface area contributed by atoms with Crippen LogP contribution in [0.2, 0.25) is 0 Å². The van der Waals surface area contributed by atoms with Gasteiger partial charge >= 0.3 is 12.2 Å². The molecule has 0 aromatic heterocycles. The molecule has 36 heavy (non-hydrogen) atoms. The minimum atomic E-state index is -1.40. The molecule has 1 saturated heterocycles. The van der Waals surface area contributed by atoms with E-state index in [9.17, 15) is 19.8 Å². The molecule has 1 aliphatic carbocycles. The molecule has 0 bridgehead atoms. The van der Waals surface area contributed by atoms with Crippen LogP contribution in [0.3, 0.4) is 0 Å². The third-order valence-electron chi connectivity index (χ3n) is 6.09. The highest BCUT2D eigenvalue weighted by atomic mass is 16.7. The summed E-state index contributed by atoms with van der Waals surface area (Å²) in [4.78, 5) is 24.9. The first-order chi connectivity index (χ1) is 17.1. The van der Waals surface area contributed by atoms with Gasteiger partial charge in [-0.1, -0.05) is 0 Å². The SMILES string of the molecule is NCCCNC(=O)O[C@@H]1[C@@H](OC(=O)NCCCN)[C@H](N)C[C@H](N)[C@H]1O[C@H]1O[C@H](CN)[C@@H](O)[C@H](O)[C@H]1N. The molecule has 1 saturated carbocycles. The quantitative estimate of drug-likeness (QED) is 0.114. The number of nitrogens with two attached hydrogens (primary N) is 6. The molecular formula is C20H42N8O8. The van der Waals surface area contributed by atoms with Crippen LogP contribution < -0.4 is 45.0 Å². The van der Waals surface area contributed by atoms with E-state index in [4.69, 9.17) is 53.3 Å². The summed E-state index contributed by atoms with van der Waals surface area (Å²) in [5.41, 5.74) is 35.1. The Morgan fingerprint density at radius 3 is 1.89 bits per heavy atom. The van der Waals surface area contributed by atoms with Gasteiger partial charge in [-0.2, -0.15) is 0 Å². The van der Waals surface area contributed by atoms with Crippen LogP contribution in [0, 0.1) is 0 Å². The number of rotatable bonds is 11. The fourth-order valence-electron chi connectivity index (χ4n) is 4.06. The van der Waals surface area contributed by atoms with Gasteiger partial charge in [-0.25, -0.2) is 9.59 Å². The minimum absolute atomic E-state index is 0.120. The fraction of sp³-hybridized carbons (Fsp3) is 0.900. The van der Waals surface area contributed by atoms with E-state index in [0.717, 1.165) is 0 Å². The van der Waals surface area contributed by atoms with Crippen LogP contribution in [0.1, 0.15) is 19.3 Å². The van der Waals surface area contributed by atoms with E-state index in [1.807, 2.05) is 0 Å². The molecule has 1 heterocycles. The van der Waals surface area contributed by atoms with Crippen LogP contribution in [-0.4, -0.2) is 116 Å². The maximum absolute atomic E-state index is 12.5. The number of amides is 2. The van der Waals surface area contributed by atoms with Crippen LogP contribution in [0.5, 0.6) is 0 Å². The van der Waals surface area contributed by atoms with Gasteiger partial charge in [0.1, 0.15) is 24.4 Å². The number of ether oxygens (including phenoxy) is 4. The molecule has 2 amide bonds. The normalized spacial score (nSPS) is 36.7. The largest absolute Gasteiger partial charge is 0.441 e. The monoisotopic (exact) mass is 522 g/mol. The van der Waals surface area contributed by atoms with Gasteiger partial charge in [0.25, 0.3) is 0 Å². The molecule has 10 atom stereocenters. The molecule has 16 N–H and O–H groups in total. The molecule has 2 fully saturated rings. The lowest BCUT2D eigenvalue weighted by Gasteiger charge is -2.47. The number of carbonyl (C=O) groups excluding carboxylic acids is 2. The third kappa shape index (κ3) is 8.07. The second kappa shape index (κ2) is 14.8. The lowest BCUT2D eigenvalue weighted by Crippen LogP contribution is -2.68. The second-order valence-electron chi connectivity index (χ2n) is 8.88. The molecule has 0 spiro atoms. The summed E-state index contributed by atoms with van der Waals surface area (Å²) in [5, 5.41) is 25.6. The van der Waals surface area contributed by atoms with Crippen LogP contribution in [-0.2, 0) is 18.9 Å². The van der Waals surface area contributed by atoms with E-state index in [1.54, 1.807) is 0 Å². The number of hydrogen-bond acceptors (Lipinski definition) is 14. The van der Waals surface area contributed by atoms with Crippen LogP contribution in [0.25, 0.3) is 0 Å². The van der Waals surface area contributed by atoms with Gasteiger partial charge in [-0.05, 0) is 32.4 Å². The molecule has 16 heteroatoms. The van der Waals surface area contributed by atoms with Crippen molar-refractivity contribution in [2.75, 3.05) is 32.7 Å². The maximum atomic E-state index is 12.5. The summed E-state index contributed by atoms with van der Waals surface area (Å²) in [6.07, 6.45) is -8.94. The first kappa shape index (κ1) is 30.4. The van der Waals surface area contributed by atoms with E-state index < -0.39 is 73.2 Å². The fourth-order valence-corrected chi connectivity index (χ4v) is 4.06. The Kier molecular flexibility index (Phi) is 12.5. The Hall–Kier alpha value is -1.86. The average Bonchev–Trinajstić information content (AvgIpc) is 2.84. The van der Waals surface area contributed by atoms with Crippen molar-refractivity contribution in [2.45, 2.75) is 80.3 Å². The number of aliphatic hydroxyl groups excluding tert-OH is 2. The van der Waals surface area contributed by atoms with Gasteiger partial charge < -0.3 is 74.2 Å². The van der Waals surface area contributed by atoms with Crippen molar-refractivity contribution in [1.29, 1.82) is 0 Å². The molecule has 210 valence electrons. The lowest BCUT2D eigenvalue weighted by atomic mass is 9.84. The van der Waals surface area contributed by atoms with E-state index in [1.165, 1.54) is 0 Å². The van der Waals surface area contributed by atoms with E-state index >= 15 is 0 Å². The molecule has 2 rings (SSSR count). The summed E-state index contributed by atoms with van der Waals surface area (Å²) >= 11 is 0. The zero-order valence-corrected chi connectivity index (χ0v) is 20.2. The average molecular weight is 523 g/mol. The van der Waals surface area contributed by atoms with E-state index in [-0.39, 0.29) is 26.1 Å². The third-order valence-corrected chi connectivity index (χ3v) is 6.09. The van der Waals surface area contributed by atoms with Gasteiger partial charge in [-0.3, -0.25) is 0 Å². The Morgan fingerprint density at radius 1 is 0.833 bits per heavy atom. The van der Waals surface area contributed by atoms with E-state index in [2.05, 4.69) is 10.6 Å². The van der Waals surface area contributed by atoms with Crippen molar-refractivity contribution in [2.24, 2.45) is 34.4 Å². The number of nitrogens with one attached hydrogen (secondary N) is 2. The van der Waals surface area contributed by atoms with E-state index in [0.29, 0.717) is 25.9 Å². The van der Waals surface area contributed by atoms with Gasteiger partial charge in [-0.15, -0.1) is 0 Å². The van der Waals surface area contributed by atoms with Crippen LogP contribution in [0.4, 0.5) is 9.59 Å². The van der Waals surface area contributed by atoms with Gasteiger partial charge in [0.15, 0.2) is 18.5 Å². The second-order valence-corrected chi connectivity index (χ2v) is 8.88. The van der Waals surface area contributed by atoms with Crippen molar-refractivity contribution >= 4 is 12.2 Å². The first-order valence-corrected chi connectivity index (χ1v) is 12.1. The molecule has 1 aliphatic heterocycles. The van der Waals surface area contributed by atoms with Crippen molar-refractivity contribution < 1.29 is 38.7 Å². The minimum Gasteiger partial charge on any atom is -0.441 e. The van der Waals surface area contributed by atoms with Gasteiger partial charge in [0, 0.05) is 31.7 Å². The molecule has 2 aliphatic rings. The number of hydrogen-bond donors (Lipinski definition) is 10. The Labute approximate surface area is 209 Å². The summed E-state index contributed by atoms with van der Waals surface area (Å²) in [6, 6.07) is -2.77. The topological polar surface area (TPSA) is 292 Å². The standard InChI is InChI=1S/C20H42N8O8/c21-3-1-5-27-19(31)35-16-10(25)7-9(24)15(17(16)36-20(32)28-6-2-4-22)34-18-12(26)14(30)13(29)11(8-23)33-18/h9-18,29-30H,1-8,21-26H2,(H,27,31)(H,28,32)/t9-,10+,11+,12+,13+,14+,15+,16-,17-,18+/m0/s1. The number of alkyl carbamates (subject to hydrolysis) is 2. The zero-order chi connectivity index (χ0) is 26.8. The highest BCUT2D eigenvalue weighted by Crippen LogP contribution is 2.30. The molecule has 0 radical (unpaired) electrons. The Morgan fingerprint density at radius 2 is 1.36 bits per heavy atom. The first-order valence-electron chi connectivity index (χ1n) is 12.1. The molecule has 16 nitrogen and oxygen atoms in total. The molecule has 0 aromatic carbocycles. The lowest BCUT2D eigenvalue weighted by molar-refractivity contribution is -0.287. The number of carbonyl (C=O) groups is 2.